The van der Waals surface area contributed by atoms with Crippen molar-refractivity contribution < 1.29 is 23.1 Å². The number of carboxylic acids is 1. The zero-order chi connectivity index (χ0) is 15.2. The van der Waals surface area contributed by atoms with Gasteiger partial charge in [0, 0.05) is 12.2 Å². The highest BCUT2D eigenvalue weighted by Crippen LogP contribution is 2.14. The van der Waals surface area contributed by atoms with Crippen LogP contribution in [0.15, 0.2) is 5.16 Å². The Hall–Kier alpha value is -1.69. The topological polar surface area (TPSA) is 158 Å². The van der Waals surface area contributed by atoms with E-state index in [4.69, 9.17) is 10.8 Å². The molecule has 0 aliphatic rings. The number of tetrazole rings is 1. The van der Waals surface area contributed by atoms with Crippen molar-refractivity contribution in [3.05, 3.63) is 0 Å². The molecule has 0 bridgehead atoms. The number of aromatic nitrogens is 4. The van der Waals surface area contributed by atoms with Crippen molar-refractivity contribution in [1.82, 2.24) is 20.2 Å². The molecule has 20 heavy (non-hydrogen) atoms. The Labute approximate surface area is 118 Å². The first kappa shape index (κ1) is 16.4. The smallest absolute Gasteiger partial charge is 0.325 e. The van der Waals surface area contributed by atoms with Crippen molar-refractivity contribution in [2.24, 2.45) is 5.73 Å². The molecule has 1 amide bonds. The molecular weight excluding hydrogens is 310 g/mol. The van der Waals surface area contributed by atoms with Gasteiger partial charge in [0.25, 0.3) is 0 Å². The molecule has 0 radical (unpaired) electrons. The van der Waals surface area contributed by atoms with E-state index in [2.05, 4.69) is 15.5 Å². The molecule has 0 saturated carbocycles. The van der Waals surface area contributed by atoms with Crippen LogP contribution in [0.5, 0.6) is 0 Å². The lowest BCUT2D eigenvalue weighted by Crippen LogP contribution is -2.20. The number of nitrogens with zero attached hydrogens (tertiary/aromatic N) is 4. The predicted molar refractivity (Wildman–Crippen MR) is 68.6 cm³/mol. The number of aliphatic carboxylic acids is 1. The zero-order valence-corrected chi connectivity index (χ0v) is 11.9. The van der Waals surface area contributed by atoms with Crippen LogP contribution in [0.25, 0.3) is 0 Å². The van der Waals surface area contributed by atoms with Crippen molar-refractivity contribution in [2.75, 3.05) is 17.3 Å². The number of carbonyl (C=O) groups is 2. The van der Waals surface area contributed by atoms with Gasteiger partial charge in [-0.25, -0.2) is 13.1 Å². The number of nitrogens with two attached hydrogens (primary N) is 1. The third kappa shape index (κ3) is 5.97. The average Bonchev–Trinajstić information content (AvgIpc) is 2.73. The fraction of sp³-hybridized carbons (Fsp3) is 0.625. The van der Waals surface area contributed by atoms with Gasteiger partial charge in [0.2, 0.25) is 11.1 Å². The molecule has 0 fully saturated rings. The second-order valence-corrected chi connectivity index (χ2v) is 7.10. The molecule has 112 valence electrons. The number of amides is 1. The molecule has 0 aromatic carbocycles. The lowest BCUT2D eigenvalue weighted by Gasteiger charge is -2.03. The predicted octanol–water partition coefficient (Wildman–Crippen LogP) is -1.86. The number of carboxylic acid groups (broad SMARTS) is 1. The summed E-state index contributed by atoms with van der Waals surface area (Å²) in [5.41, 5.74) is 4.88. The summed E-state index contributed by atoms with van der Waals surface area (Å²) in [5, 5.41) is 19.2. The number of sulfone groups is 1. The maximum Gasteiger partial charge on any atom is 0.325 e. The van der Waals surface area contributed by atoms with E-state index in [1.807, 2.05) is 0 Å². The maximum absolute atomic E-state index is 11.6. The van der Waals surface area contributed by atoms with E-state index in [-0.39, 0.29) is 28.8 Å². The van der Waals surface area contributed by atoms with Gasteiger partial charge >= 0.3 is 5.97 Å². The van der Waals surface area contributed by atoms with Crippen LogP contribution in [0.2, 0.25) is 0 Å². The maximum atomic E-state index is 11.6. The number of hydrogen-bond acceptors (Lipinski definition) is 8. The van der Waals surface area contributed by atoms with Gasteiger partial charge in [-0.1, -0.05) is 11.8 Å². The molecule has 10 nitrogen and oxygen atoms in total. The molecule has 1 heterocycles. The standard InChI is InChI=1S/C8H13N5O5S2/c9-6(14)1-3-20(17,18)4-2-19-8-10-11-12-13(8)5-7(15)16/h1-5H2,(H2,9,14)(H,15,16). The van der Waals surface area contributed by atoms with E-state index in [1.165, 1.54) is 0 Å². The molecule has 1 aromatic heterocycles. The summed E-state index contributed by atoms with van der Waals surface area (Å²) in [6, 6.07) is 0. The van der Waals surface area contributed by atoms with Crippen LogP contribution >= 0.6 is 11.8 Å². The minimum absolute atomic E-state index is 0.154. The molecular formula is C8H13N5O5S2. The highest BCUT2D eigenvalue weighted by Gasteiger charge is 2.15. The molecule has 3 N–H and O–H groups in total. The Bertz CT molecular complexity index is 584. The van der Waals surface area contributed by atoms with Crippen molar-refractivity contribution in [3.63, 3.8) is 0 Å². The lowest BCUT2D eigenvalue weighted by molar-refractivity contribution is -0.138. The highest BCUT2D eigenvalue weighted by atomic mass is 32.2. The summed E-state index contributed by atoms with van der Waals surface area (Å²) in [6.45, 7) is -0.399. The normalized spacial score (nSPS) is 11.4. The Morgan fingerprint density at radius 2 is 2.05 bits per heavy atom. The van der Waals surface area contributed by atoms with Gasteiger partial charge in [-0.2, -0.15) is 0 Å². The second-order valence-electron chi connectivity index (χ2n) is 3.73. The average molecular weight is 323 g/mol. The molecule has 0 saturated heterocycles. The van der Waals surface area contributed by atoms with Crippen LogP contribution in [0.1, 0.15) is 6.42 Å². The SMILES string of the molecule is NC(=O)CCS(=O)(=O)CCSc1nnnn1CC(=O)O. The Balaban J connectivity index is 2.46. The second kappa shape index (κ2) is 7.19. The van der Waals surface area contributed by atoms with Gasteiger partial charge in [0.1, 0.15) is 6.54 Å². The largest absolute Gasteiger partial charge is 0.480 e. The molecule has 0 atom stereocenters. The molecule has 12 heteroatoms. The van der Waals surface area contributed by atoms with Crippen molar-refractivity contribution in [3.8, 4) is 0 Å². The number of carbonyl (C=O) groups excluding carboxylic acids is 1. The molecule has 0 aliphatic heterocycles. The van der Waals surface area contributed by atoms with E-state index >= 15 is 0 Å². The van der Waals surface area contributed by atoms with Gasteiger partial charge in [-0.15, -0.1) is 5.10 Å². The first-order chi connectivity index (χ1) is 9.30. The Kier molecular flexibility index (Phi) is 5.88. The van der Waals surface area contributed by atoms with E-state index in [1.54, 1.807) is 0 Å². The van der Waals surface area contributed by atoms with E-state index in [0.29, 0.717) is 0 Å². The minimum atomic E-state index is -3.38. The number of primary amides is 1. The van der Waals surface area contributed by atoms with Crippen molar-refractivity contribution >= 4 is 33.5 Å². The zero-order valence-electron chi connectivity index (χ0n) is 10.3. The van der Waals surface area contributed by atoms with Crippen molar-refractivity contribution in [2.45, 2.75) is 18.1 Å². The van der Waals surface area contributed by atoms with E-state index in [0.717, 1.165) is 16.4 Å². The monoisotopic (exact) mass is 323 g/mol. The highest BCUT2D eigenvalue weighted by molar-refractivity contribution is 8.00. The molecule has 1 rings (SSSR count). The first-order valence-corrected chi connectivity index (χ1v) is 8.20. The summed E-state index contributed by atoms with van der Waals surface area (Å²) in [4.78, 5) is 21.1. The van der Waals surface area contributed by atoms with E-state index < -0.39 is 28.3 Å². The fourth-order valence-corrected chi connectivity index (χ4v) is 3.74. The lowest BCUT2D eigenvalue weighted by atomic mass is 10.5. The van der Waals surface area contributed by atoms with Crippen LogP contribution in [0.4, 0.5) is 0 Å². The first-order valence-electron chi connectivity index (χ1n) is 5.39. The molecule has 0 unspecified atom stereocenters. The van der Waals surface area contributed by atoms with Crippen LogP contribution in [-0.2, 0) is 26.0 Å². The van der Waals surface area contributed by atoms with Gasteiger partial charge in [-0.05, 0) is 10.4 Å². The molecule has 1 aromatic rings. The molecule has 0 spiro atoms. The van der Waals surface area contributed by atoms with Crippen LogP contribution in [-0.4, -0.2) is 62.9 Å². The summed E-state index contributed by atoms with van der Waals surface area (Å²) < 4.78 is 24.2. The van der Waals surface area contributed by atoms with Crippen molar-refractivity contribution in [1.29, 1.82) is 0 Å². The van der Waals surface area contributed by atoms with Crippen LogP contribution in [0.3, 0.4) is 0 Å². The Morgan fingerprint density at radius 3 is 2.65 bits per heavy atom. The van der Waals surface area contributed by atoms with Gasteiger partial charge in [-0.3, -0.25) is 9.59 Å². The minimum Gasteiger partial charge on any atom is -0.480 e. The quantitative estimate of drug-likeness (QED) is 0.497. The molecule has 0 aliphatic carbocycles. The van der Waals surface area contributed by atoms with Crippen LogP contribution in [0, 0.1) is 0 Å². The van der Waals surface area contributed by atoms with Crippen LogP contribution < -0.4 is 5.73 Å². The number of rotatable bonds is 9. The fourth-order valence-electron chi connectivity index (χ4n) is 1.15. The number of thioether (sulfide) groups is 1. The Morgan fingerprint density at radius 1 is 1.35 bits per heavy atom. The summed E-state index contributed by atoms with van der Waals surface area (Å²) in [7, 11) is -3.38. The number of hydrogen-bond donors (Lipinski definition) is 2. The third-order valence-electron chi connectivity index (χ3n) is 2.07. The van der Waals surface area contributed by atoms with Gasteiger partial charge in [0.05, 0.1) is 11.5 Å². The van der Waals surface area contributed by atoms with Gasteiger partial charge < -0.3 is 10.8 Å². The van der Waals surface area contributed by atoms with E-state index in [9.17, 15) is 18.0 Å². The summed E-state index contributed by atoms with van der Waals surface area (Å²) in [6.07, 6.45) is -0.218. The summed E-state index contributed by atoms with van der Waals surface area (Å²) >= 11 is 1.02. The van der Waals surface area contributed by atoms with Gasteiger partial charge in [0.15, 0.2) is 9.84 Å². The third-order valence-corrected chi connectivity index (χ3v) is 4.94. The summed E-state index contributed by atoms with van der Waals surface area (Å²) in [5.74, 6) is -2.10.